The molecule has 3 aromatic carbocycles. The number of fused-ring (bicyclic) bond motifs is 1. The fourth-order valence-electron chi connectivity index (χ4n) is 12.9. The molecule has 105 heavy (non-hydrogen) atoms. The van der Waals surface area contributed by atoms with Crippen LogP contribution in [0.5, 0.6) is 0 Å². The van der Waals surface area contributed by atoms with E-state index in [1.54, 1.807) is 26.5 Å². The Kier molecular flexibility index (Phi) is 36.7. The molecule has 1 saturated carbocycles. The van der Waals surface area contributed by atoms with Crippen LogP contribution in [0.2, 0.25) is 0 Å². The van der Waals surface area contributed by atoms with Gasteiger partial charge in [-0.1, -0.05) is 80.6 Å². The van der Waals surface area contributed by atoms with Crippen LogP contribution >= 0.6 is 0 Å². The van der Waals surface area contributed by atoms with Gasteiger partial charge < -0.3 is 73.0 Å². The van der Waals surface area contributed by atoms with E-state index in [4.69, 9.17) is 5.11 Å². The maximum absolute atomic E-state index is 14.4. The lowest BCUT2D eigenvalue weighted by Gasteiger charge is -2.33. The van der Waals surface area contributed by atoms with E-state index in [2.05, 4.69) is 51.1 Å². The average molecular weight is 1470 g/mol. The molecule has 1 heterocycles. The topological polar surface area (TPSA) is 478 Å². The number of nitrogens with one attached hydrogen (secondary N) is 7. The molecular weight excluding hydrogens is 1370 g/mol. The number of nitrogens with zero attached hydrogens (tertiary/aromatic N) is 4. The molecule has 1 aliphatic carbocycles. The highest BCUT2D eigenvalue weighted by Gasteiger charge is 2.33. The zero-order chi connectivity index (χ0) is 77.1. The van der Waals surface area contributed by atoms with Crippen molar-refractivity contribution in [1.29, 1.82) is 0 Å². The number of carbonyl (C=O) groups is 14. The molecule has 14 N–H and O–H groups in total. The van der Waals surface area contributed by atoms with Gasteiger partial charge in [-0.2, -0.15) is 0 Å². The highest BCUT2D eigenvalue weighted by molar-refractivity contribution is 5.93. The van der Waals surface area contributed by atoms with Gasteiger partial charge in [-0.15, -0.1) is 0 Å². The number of ketones is 1. The van der Waals surface area contributed by atoms with E-state index in [-0.39, 0.29) is 161 Å². The summed E-state index contributed by atoms with van der Waals surface area (Å²) in [6, 6.07) is 14.2. The van der Waals surface area contributed by atoms with Crippen molar-refractivity contribution in [2.45, 2.75) is 154 Å². The van der Waals surface area contributed by atoms with Gasteiger partial charge in [0, 0.05) is 96.7 Å². The van der Waals surface area contributed by atoms with Crippen molar-refractivity contribution in [3.8, 4) is 0 Å². The lowest BCUT2D eigenvalue weighted by atomic mass is 9.77. The molecule has 6 atom stereocenters. The number of unbranched alkanes of at least 4 members (excludes halogenated alkanes) is 2. The van der Waals surface area contributed by atoms with Crippen molar-refractivity contribution in [2.24, 2.45) is 23.7 Å². The second-order valence-electron chi connectivity index (χ2n) is 27.7. The Morgan fingerprint density at radius 1 is 0.438 bits per heavy atom. The molecule has 1 aliphatic heterocycles. The van der Waals surface area contributed by atoms with E-state index in [1.165, 1.54) is 0 Å². The van der Waals surface area contributed by atoms with Gasteiger partial charge in [-0.3, -0.25) is 72.3 Å². The van der Waals surface area contributed by atoms with Gasteiger partial charge in [0.1, 0.15) is 30.0 Å². The molecule has 32 nitrogen and oxygen atoms in total. The van der Waals surface area contributed by atoms with Gasteiger partial charge in [0.05, 0.1) is 38.5 Å². The Morgan fingerprint density at radius 3 is 1.43 bits per heavy atom. The predicted octanol–water partition coefficient (Wildman–Crippen LogP) is 2.45. The largest absolute Gasteiger partial charge is 0.481 e. The van der Waals surface area contributed by atoms with Crippen molar-refractivity contribution >= 4 is 93.9 Å². The Bertz CT molecular complexity index is 3410. The van der Waals surface area contributed by atoms with Crippen LogP contribution in [0.3, 0.4) is 0 Å². The first kappa shape index (κ1) is 86.0. The number of amides is 7. The molecular formula is C73H105N11O21. The lowest BCUT2D eigenvalue weighted by Crippen LogP contribution is -2.52. The zero-order valence-corrected chi connectivity index (χ0v) is 60.1. The van der Waals surface area contributed by atoms with E-state index in [9.17, 15) is 97.8 Å². The summed E-state index contributed by atoms with van der Waals surface area (Å²) in [4.78, 5) is 185. The molecule has 2 fully saturated rings. The van der Waals surface area contributed by atoms with Crippen LogP contribution in [-0.4, -0.2) is 261 Å². The second-order valence-corrected chi connectivity index (χ2v) is 27.7. The fourth-order valence-corrected chi connectivity index (χ4v) is 12.9. The minimum atomic E-state index is -1.58. The van der Waals surface area contributed by atoms with E-state index in [1.807, 2.05) is 66.7 Å². The normalized spacial score (nSPS) is 17.5. The average Bonchev–Trinajstić information content (AvgIpc) is 0.841. The van der Waals surface area contributed by atoms with Crippen LogP contribution in [0.4, 0.5) is 4.79 Å². The third kappa shape index (κ3) is 32.9. The Morgan fingerprint density at radius 2 is 0.924 bits per heavy atom. The molecule has 32 heteroatoms. The maximum atomic E-state index is 14.4. The van der Waals surface area contributed by atoms with Gasteiger partial charge in [0.2, 0.25) is 29.5 Å². The Balaban J connectivity index is 1.24. The zero-order valence-electron chi connectivity index (χ0n) is 60.1. The number of aliphatic carboxylic acids is 7. The molecule has 0 bridgehead atoms. The van der Waals surface area contributed by atoms with E-state index in [0.29, 0.717) is 37.2 Å². The molecule has 578 valence electrons. The number of hydrogen-bond donors (Lipinski definition) is 14. The Hall–Kier alpha value is -9.66. The predicted molar refractivity (Wildman–Crippen MR) is 383 cm³/mol. The number of carbonyl (C=O) groups excluding carboxylic acids is 7. The summed E-state index contributed by atoms with van der Waals surface area (Å²) < 4.78 is 0. The number of Topliss-reactive ketones (excluding diaryl/α,β-unsaturated/α-hetero) is 1. The van der Waals surface area contributed by atoms with Crippen LogP contribution in [0.15, 0.2) is 66.7 Å². The van der Waals surface area contributed by atoms with E-state index < -0.39 is 139 Å². The molecule has 0 radical (unpaired) electrons. The number of hydrogen-bond acceptors (Lipinski definition) is 18. The number of carboxylic acid groups (broad SMARTS) is 7. The van der Waals surface area contributed by atoms with E-state index >= 15 is 0 Å². The van der Waals surface area contributed by atoms with Gasteiger partial charge in [-0.05, 0) is 130 Å². The smallest absolute Gasteiger partial charge is 0.326 e. The molecule has 7 amide bonds. The monoisotopic (exact) mass is 1470 g/mol. The third-order valence-electron chi connectivity index (χ3n) is 18.8. The van der Waals surface area contributed by atoms with Gasteiger partial charge in [0.25, 0.3) is 0 Å². The molecule has 5 rings (SSSR count). The van der Waals surface area contributed by atoms with Crippen LogP contribution in [0, 0.1) is 23.7 Å². The van der Waals surface area contributed by atoms with Crippen molar-refractivity contribution < 1.29 is 103 Å². The molecule has 0 spiro atoms. The standard InChI is InChI=1S/C73H105N11O21/c1-46(2)36-48-14-19-51(20-15-48)47(3)67(97)78-59(40-63(89)90)70(100)75-27-8-6-12-56(77-61(86)42-81-28-30-82(43-64(91)92)32-34-84(45-66(95)96)35-33-83(31-29-81)44-65(93)94)69(99)76-41-49-16-22-53(23-17-49)60(85)39-55(38-50-18-21-52-10-4-5-11-54(52)37-50)68(98)74-26-9-7-13-57(71(101)102)79-73(105)80-58(72(103)104)24-25-62(87)88/h4-5,10-11,14-15,18-21,37,46-47,49,53,55-59H,6-9,12-13,16-17,22-36,38-45H2,1-3H3,(H,74,98)(H,75,100)(H,76,99)(H,77,86)(H,78,97)(H,87,88)(H,89,90)(H,91,92)(H,93,94)(H,95,96)(H,101,102)(H,103,104)(H2,79,80,105). The summed E-state index contributed by atoms with van der Waals surface area (Å²) in [7, 11) is 0. The highest BCUT2D eigenvalue weighted by Crippen LogP contribution is 2.32. The van der Waals surface area contributed by atoms with Gasteiger partial charge >= 0.3 is 47.8 Å². The third-order valence-corrected chi connectivity index (χ3v) is 18.8. The van der Waals surface area contributed by atoms with Gasteiger partial charge in [0.15, 0.2) is 0 Å². The van der Waals surface area contributed by atoms with Crippen molar-refractivity contribution in [1.82, 2.24) is 56.8 Å². The van der Waals surface area contributed by atoms with E-state index in [0.717, 1.165) is 28.3 Å². The number of carboxylic acids is 7. The maximum Gasteiger partial charge on any atom is 0.326 e. The second kappa shape index (κ2) is 44.9. The first-order valence-corrected chi connectivity index (χ1v) is 35.9. The van der Waals surface area contributed by atoms with Crippen LogP contribution in [0.1, 0.15) is 133 Å². The molecule has 1 saturated heterocycles. The first-order chi connectivity index (χ1) is 49.9. The first-order valence-electron chi connectivity index (χ1n) is 35.9. The molecule has 2 aliphatic rings. The quantitative estimate of drug-likeness (QED) is 0.0362. The van der Waals surface area contributed by atoms with Crippen molar-refractivity contribution in [3.63, 3.8) is 0 Å². The van der Waals surface area contributed by atoms with Crippen molar-refractivity contribution in [3.05, 3.63) is 83.4 Å². The number of benzene rings is 3. The molecule has 3 aromatic rings. The van der Waals surface area contributed by atoms with Gasteiger partial charge in [-0.25, -0.2) is 14.4 Å². The fraction of sp³-hybridized carbons (Fsp3) is 0.589. The SMILES string of the molecule is CC(C)Cc1ccc(C(C)C(=O)NC(CC(=O)O)C(=O)NCCCCC(NC(=O)CN2CCN(CC(=O)O)CCN(CC(=O)O)CCN(CC(=O)O)CC2)C(=O)NCC2CCC(C(=O)CC(Cc3ccc4ccccc4c3)C(=O)NCCCCC(NC(=O)NC(CCC(=O)O)C(=O)O)C(=O)O)CC2)cc1. The Labute approximate surface area is 610 Å². The van der Waals surface area contributed by atoms with Crippen molar-refractivity contribution in [2.75, 3.05) is 98.2 Å². The number of rotatable bonds is 43. The highest BCUT2D eigenvalue weighted by atomic mass is 16.4. The molecule has 0 aromatic heterocycles. The summed E-state index contributed by atoms with van der Waals surface area (Å²) in [5.74, 6) is -13.5. The minimum absolute atomic E-state index is 0.0000637. The summed E-state index contributed by atoms with van der Waals surface area (Å²) in [5, 5.41) is 87.2. The lowest BCUT2D eigenvalue weighted by molar-refractivity contribution is -0.141. The number of urea groups is 1. The summed E-state index contributed by atoms with van der Waals surface area (Å²) in [5.41, 5.74) is 2.58. The summed E-state index contributed by atoms with van der Waals surface area (Å²) in [6.07, 6.45) is 2.09. The van der Waals surface area contributed by atoms with Crippen LogP contribution in [-0.2, 0) is 75.2 Å². The molecule has 6 unspecified atom stereocenters. The van der Waals surface area contributed by atoms with Crippen LogP contribution in [0.25, 0.3) is 10.8 Å². The minimum Gasteiger partial charge on any atom is -0.481 e. The summed E-state index contributed by atoms with van der Waals surface area (Å²) >= 11 is 0. The van der Waals surface area contributed by atoms with Crippen LogP contribution < -0.4 is 37.2 Å². The summed E-state index contributed by atoms with van der Waals surface area (Å²) in [6.45, 7) is 5.77.